The van der Waals surface area contributed by atoms with Crippen LogP contribution in [0.15, 0.2) is 6.07 Å². The van der Waals surface area contributed by atoms with E-state index in [-0.39, 0.29) is 11.8 Å². The lowest BCUT2D eigenvalue weighted by atomic mass is 10.2. The first kappa shape index (κ1) is 15.4. The molecule has 0 N–H and O–H groups in total. The zero-order valence-electron chi connectivity index (χ0n) is 12.4. The highest BCUT2D eigenvalue weighted by Gasteiger charge is 2.37. The number of aromatic nitrogens is 4. The highest BCUT2D eigenvalue weighted by atomic mass is 32.2. The molecule has 0 saturated carbocycles. The molecule has 0 spiro atoms. The Hall–Kier alpha value is -1.51. The molecule has 0 bridgehead atoms. The largest absolute Gasteiger partial charge is 0.453 e. The Morgan fingerprint density at radius 2 is 2.00 bits per heavy atom. The Balaban J connectivity index is 2.14. The summed E-state index contributed by atoms with van der Waals surface area (Å²) in [5, 5.41) is 4.02. The van der Waals surface area contributed by atoms with Crippen molar-refractivity contribution in [3.8, 4) is 0 Å². The van der Waals surface area contributed by atoms with Gasteiger partial charge in [0, 0.05) is 35.3 Å². The second kappa shape index (κ2) is 5.29. The van der Waals surface area contributed by atoms with Crippen molar-refractivity contribution >= 4 is 23.4 Å². The van der Waals surface area contributed by atoms with Crippen molar-refractivity contribution in [3.05, 3.63) is 17.6 Å². The molecule has 1 aliphatic heterocycles. The smallest absolute Gasteiger partial charge is 0.352 e. The molecule has 2 unspecified atom stereocenters. The van der Waals surface area contributed by atoms with Gasteiger partial charge >= 0.3 is 6.18 Å². The minimum Gasteiger partial charge on any atom is -0.352 e. The van der Waals surface area contributed by atoms with Gasteiger partial charge in [-0.3, -0.25) is 0 Å². The number of fused-ring (bicyclic) bond motifs is 1. The molecule has 2 aromatic rings. The fourth-order valence-corrected chi connectivity index (χ4v) is 3.65. The minimum atomic E-state index is -4.57. The van der Waals surface area contributed by atoms with Crippen LogP contribution in [0, 0.1) is 6.92 Å². The molecule has 120 valence electrons. The standard InChI is InChI=1S/C13H16F3N5S/c1-7-6-10(20-4-5-22-9(3)8(20)2)21-12(17-7)18-11(19-21)13(14,15)16/h6,8-9H,4-5H2,1-3H3. The number of anilines is 1. The van der Waals surface area contributed by atoms with Crippen molar-refractivity contribution in [1.82, 2.24) is 19.6 Å². The van der Waals surface area contributed by atoms with E-state index >= 15 is 0 Å². The number of hydrogen-bond acceptors (Lipinski definition) is 5. The van der Waals surface area contributed by atoms with E-state index in [2.05, 4.69) is 33.8 Å². The molecule has 9 heteroatoms. The van der Waals surface area contributed by atoms with Crippen LogP contribution in [-0.4, -0.2) is 43.2 Å². The number of nitrogens with zero attached hydrogens (tertiary/aromatic N) is 5. The van der Waals surface area contributed by atoms with Gasteiger partial charge in [0.15, 0.2) is 0 Å². The topological polar surface area (TPSA) is 46.3 Å². The van der Waals surface area contributed by atoms with Crippen LogP contribution in [0.1, 0.15) is 25.4 Å². The van der Waals surface area contributed by atoms with Gasteiger partial charge in [0.2, 0.25) is 0 Å². The Labute approximate surface area is 129 Å². The highest BCUT2D eigenvalue weighted by Crippen LogP contribution is 2.31. The van der Waals surface area contributed by atoms with Crippen molar-refractivity contribution in [1.29, 1.82) is 0 Å². The Morgan fingerprint density at radius 1 is 1.27 bits per heavy atom. The van der Waals surface area contributed by atoms with Crippen LogP contribution >= 0.6 is 11.8 Å². The highest BCUT2D eigenvalue weighted by molar-refractivity contribution is 8.00. The van der Waals surface area contributed by atoms with Gasteiger partial charge in [0.25, 0.3) is 11.6 Å². The van der Waals surface area contributed by atoms with Gasteiger partial charge in [0.05, 0.1) is 0 Å². The molecular weight excluding hydrogens is 315 g/mol. The Morgan fingerprint density at radius 3 is 2.68 bits per heavy atom. The second-order valence-electron chi connectivity index (χ2n) is 5.41. The maximum absolute atomic E-state index is 12.9. The second-order valence-corrected chi connectivity index (χ2v) is 6.90. The number of thioether (sulfide) groups is 1. The van der Waals surface area contributed by atoms with Gasteiger partial charge in [-0.05, 0) is 13.8 Å². The predicted molar refractivity (Wildman–Crippen MR) is 79.2 cm³/mol. The van der Waals surface area contributed by atoms with E-state index in [1.54, 1.807) is 13.0 Å². The van der Waals surface area contributed by atoms with Crippen LogP contribution in [0.5, 0.6) is 0 Å². The zero-order valence-corrected chi connectivity index (χ0v) is 13.2. The average Bonchev–Trinajstić information content (AvgIpc) is 2.85. The van der Waals surface area contributed by atoms with Crippen LogP contribution in [0.3, 0.4) is 0 Å². The molecule has 0 amide bonds. The fourth-order valence-electron chi connectivity index (χ4n) is 2.55. The SMILES string of the molecule is Cc1cc(N2CCSC(C)C2C)n2nc(C(F)(F)F)nc2n1. The Bertz CT molecular complexity index is 699. The van der Waals surface area contributed by atoms with Crippen molar-refractivity contribution < 1.29 is 13.2 Å². The van der Waals surface area contributed by atoms with E-state index in [4.69, 9.17) is 0 Å². The third kappa shape index (κ3) is 2.62. The lowest BCUT2D eigenvalue weighted by molar-refractivity contribution is -0.144. The summed E-state index contributed by atoms with van der Waals surface area (Å²) in [5.74, 6) is 0.374. The summed E-state index contributed by atoms with van der Waals surface area (Å²) in [6.07, 6.45) is -4.57. The van der Waals surface area contributed by atoms with Gasteiger partial charge in [-0.15, -0.1) is 5.10 Å². The predicted octanol–water partition coefficient (Wildman–Crippen LogP) is 2.78. The summed E-state index contributed by atoms with van der Waals surface area (Å²) in [6.45, 7) is 6.70. The molecular formula is C13H16F3N5S. The monoisotopic (exact) mass is 331 g/mol. The molecule has 22 heavy (non-hydrogen) atoms. The Kier molecular flexibility index (Phi) is 3.70. The van der Waals surface area contributed by atoms with Gasteiger partial charge in [0.1, 0.15) is 5.82 Å². The van der Waals surface area contributed by atoms with E-state index in [0.717, 1.165) is 12.3 Å². The van der Waals surface area contributed by atoms with Crippen LogP contribution < -0.4 is 4.90 Å². The van der Waals surface area contributed by atoms with E-state index in [1.165, 1.54) is 4.52 Å². The molecule has 0 aromatic carbocycles. The molecule has 1 aliphatic rings. The summed E-state index contributed by atoms with van der Waals surface area (Å²) in [6, 6.07) is 1.96. The molecule has 1 saturated heterocycles. The molecule has 2 atom stereocenters. The first-order chi connectivity index (χ1) is 10.3. The van der Waals surface area contributed by atoms with Crippen molar-refractivity contribution in [2.75, 3.05) is 17.2 Å². The summed E-state index contributed by atoms with van der Waals surface area (Å²) in [7, 11) is 0. The van der Waals surface area contributed by atoms with E-state index in [1.807, 2.05) is 11.8 Å². The van der Waals surface area contributed by atoms with Crippen molar-refractivity contribution in [2.45, 2.75) is 38.2 Å². The molecule has 3 heterocycles. The molecule has 2 aromatic heterocycles. The number of alkyl halides is 3. The van der Waals surface area contributed by atoms with Crippen molar-refractivity contribution in [3.63, 3.8) is 0 Å². The quantitative estimate of drug-likeness (QED) is 0.804. The number of hydrogen-bond donors (Lipinski definition) is 0. The third-order valence-corrected chi connectivity index (χ3v) is 5.19. The molecule has 0 radical (unpaired) electrons. The van der Waals surface area contributed by atoms with Gasteiger partial charge in [-0.25, -0.2) is 4.98 Å². The minimum absolute atomic E-state index is 0.0135. The normalized spacial score (nSPS) is 23.3. The van der Waals surface area contributed by atoms with E-state index in [0.29, 0.717) is 16.8 Å². The van der Waals surface area contributed by atoms with Gasteiger partial charge < -0.3 is 4.90 Å². The van der Waals surface area contributed by atoms with Crippen LogP contribution in [0.2, 0.25) is 0 Å². The lowest BCUT2D eigenvalue weighted by Crippen LogP contribution is -2.45. The summed E-state index contributed by atoms with van der Waals surface area (Å²) >= 11 is 1.86. The van der Waals surface area contributed by atoms with E-state index < -0.39 is 12.0 Å². The maximum Gasteiger partial charge on any atom is 0.453 e. The van der Waals surface area contributed by atoms with Crippen LogP contribution in [0.25, 0.3) is 5.78 Å². The van der Waals surface area contributed by atoms with Crippen molar-refractivity contribution in [2.24, 2.45) is 0 Å². The first-order valence-electron chi connectivity index (χ1n) is 6.97. The van der Waals surface area contributed by atoms with Gasteiger partial charge in [-0.1, -0.05) is 6.92 Å². The number of rotatable bonds is 1. The van der Waals surface area contributed by atoms with Crippen LogP contribution in [0.4, 0.5) is 19.0 Å². The van der Waals surface area contributed by atoms with Crippen LogP contribution in [-0.2, 0) is 6.18 Å². The van der Waals surface area contributed by atoms with Gasteiger partial charge in [-0.2, -0.15) is 34.4 Å². The number of aryl methyl sites for hydroxylation is 1. The van der Waals surface area contributed by atoms with E-state index in [9.17, 15) is 13.2 Å². The third-order valence-electron chi connectivity index (χ3n) is 3.85. The zero-order chi connectivity index (χ0) is 16.1. The average molecular weight is 331 g/mol. The molecule has 0 aliphatic carbocycles. The first-order valence-corrected chi connectivity index (χ1v) is 8.02. The lowest BCUT2D eigenvalue weighted by Gasteiger charge is -2.38. The maximum atomic E-state index is 12.9. The molecule has 3 rings (SSSR count). The summed E-state index contributed by atoms with van der Waals surface area (Å²) < 4.78 is 39.8. The summed E-state index contributed by atoms with van der Waals surface area (Å²) in [4.78, 5) is 9.68. The fraction of sp³-hybridized carbons (Fsp3) is 0.615. The molecule has 5 nitrogen and oxygen atoms in total. The number of halogens is 3. The summed E-state index contributed by atoms with van der Waals surface area (Å²) in [5.41, 5.74) is 0.627. The molecule has 1 fully saturated rings.